The summed E-state index contributed by atoms with van der Waals surface area (Å²) in [4.78, 5) is 6.51. The van der Waals surface area contributed by atoms with Gasteiger partial charge in [-0.1, -0.05) is 48.5 Å². The first-order chi connectivity index (χ1) is 11.8. The summed E-state index contributed by atoms with van der Waals surface area (Å²) in [6.07, 6.45) is 4.04. The fraction of sp³-hybridized carbons (Fsp3) is 0.429. The molecule has 0 radical (unpaired) electrons. The van der Waals surface area contributed by atoms with Gasteiger partial charge in [0.15, 0.2) is 0 Å². The molecule has 0 aromatic heterocycles. The lowest BCUT2D eigenvalue weighted by Gasteiger charge is -2.41. The topological polar surface area (TPSA) is 21.7 Å². The van der Waals surface area contributed by atoms with Gasteiger partial charge in [-0.25, -0.2) is 0 Å². The van der Waals surface area contributed by atoms with Gasteiger partial charge in [-0.2, -0.15) is 5.06 Å². The molecular weight excluding hydrogens is 298 g/mol. The summed E-state index contributed by atoms with van der Waals surface area (Å²) >= 11 is 0. The molecule has 124 valence electrons. The van der Waals surface area contributed by atoms with E-state index in [0.29, 0.717) is 12.0 Å². The molecule has 1 saturated carbocycles. The Kier molecular flexibility index (Phi) is 3.39. The third kappa shape index (κ3) is 2.11. The van der Waals surface area contributed by atoms with E-state index in [-0.39, 0.29) is 18.2 Å². The van der Waals surface area contributed by atoms with Crippen LogP contribution in [0.4, 0.5) is 0 Å². The molecule has 2 aromatic rings. The zero-order chi connectivity index (χ0) is 16.1. The number of fused-ring (bicyclic) bond motifs is 2. The van der Waals surface area contributed by atoms with Crippen LogP contribution in [-0.2, 0) is 4.84 Å². The highest BCUT2D eigenvalue weighted by atomic mass is 16.7. The third-order valence-corrected chi connectivity index (χ3v) is 5.91. The van der Waals surface area contributed by atoms with E-state index in [1.165, 1.54) is 17.5 Å². The van der Waals surface area contributed by atoms with Gasteiger partial charge < -0.3 is 4.74 Å². The average Bonchev–Trinajstić information content (AvgIpc) is 3.03. The highest BCUT2D eigenvalue weighted by Gasteiger charge is 2.54. The quantitative estimate of drug-likeness (QED) is 0.802. The fourth-order valence-electron chi connectivity index (χ4n) is 4.75. The minimum atomic E-state index is 0.230. The van der Waals surface area contributed by atoms with Gasteiger partial charge in [0.25, 0.3) is 0 Å². The summed E-state index contributed by atoms with van der Waals surface area (Å²) < 4.78 is 6.34. The van der Waals surface area contributed by atoms with E-state index in [4.69, 9.17) is 9.57 Å². The third-order valence-electron chi connectivity index (χ3n) is 5.91. The van der Waals surface area contributed by atoms with E-state index >= 15 is 0 Å². The van der Waals surface area contributed by atoms with Crippen molar-refractivity contribution in [2.24, 2.45) is 5.92 Å². The first-order valence-corrected chi connectivity index (χ1v) is 9.08. The Morgan fingerprint density at radius 2 is 1.71 bits per heavy atom. The van der Waals surface area contributed by atoms with Crippen molar-refractivity contribution >= 4 is 0 Å². The highest BCUT2D eigenvalue weighted by Crippen LogP contribution is 2.54. The standard InChI is InChI=1S/C21H23NO2/c1-14(15-8-3-2-4-9-15)22-21-16-10-5-6-11-17(16)23-18-12-7-13-19(24-22)20(18)21/h2-6,8-11,14,18-21H,7,12-13H2,1H3/t14-,18-,19+,20-,21-/m1/s1. The van der Waals surface area contributed by atoms with Crippen LogP contribution < -0.4 is 4.74 Å². The molecule has 5 rings (SSSR count). The van der Waals surface area contributed by atoms with Crippen LogP contribution in [0.25, 0.3) is 0 Å². The lowest BCUT2D eigenvalue weighted by atomic mass is 9.75. The molecule has 2 fully saturated rings. The number of ether oxygens (including phenoxy) is 1. The molecule has 3 aliphatic rings. The lowest BCUT2D eigenvalue weighted by molar-refractivity contribution is -0.191. The van der Waals surface area contributed by atoms with Crippen LogP contribution >= 0.6 is 0 Å². The zero-order valence-corrected chi connectivity index (χ0v) is 14.0. The van der Waals surface area contributed by atoms with E-state index < -0.39 is 0 Å². The number of hydroxylamine groups is 2. The van der Waals surface area contributed by atoms with Gasteiger partial charge in [-0.3, -0.25) is 4.84 Å². The molecule has 0 N–H and O–H groups in total. The molecule has 5 atom stereocenters. The van der Waals surface area contributed by atoms with Crippen molar-refractivity contribution < 1.29 is 9.57 Å². The molecule has 2 aliphatic heterocycles. The first-order valence-electron chi connectivity index (χ1n) is 9.08. The number of hydrogen-bond donors (Lipinski definition) is 0. The zero-order valence-electron chi connectivity index (χ0n) is 14.0. The minimum absolute atomic E-state index is 0.230. The van der Waals surface area contributed by atoms with Crippen molar-refractivity contribution in [3.05, 3.63) is 65.7 Å². The highest BCUT2D eigenvalue weighted by molar-refractivity contribution is 5.40. The molecule has 24 heavy (non-hydrogen) atoms. The van der Waals surface area contributed by atoms with Crippen molar-refractivity contribution in [3.8, 4) is 5.75 Å². The predicted octanol–water partition coefficient (Wildman–Crippen LogP) is 4.67. The summed E-state index contributed by atoms with van der Waals surface area (Å²) in [5, 5.41) is 2.25. The van der Waals surface area contributed by atoms with Crippen LogP contribution in [0.3, 0.4) is 0 Å². The molecule has 0 spiro atoms. The smallest absolute Gasteiger partial charge is 0.124 e. The van der Waals surface area contributed by atoms with E-state index in [0.717, 1.165) is 18.6 Å². The van der Waals surface area contributed by atoms with E-state index in [9.17, 15) is 0 Å². The van der Waals surface area contributed by atoms with Gasteiger partial charge in [-0.05, 0) is 37.8 Å². The second-order valence-electron chi connectivity index (χ2n) is 7.24. The van der Waals surface area contributed by atoms with E-state index in [1.54, 1.807) is 0 Å². The molecule has 2 aromatic carbocycles. The number of benzene rings is 2. The van der Waals surface area contributed by atoms with Crippen molar-refractivity contribution in [1.29, 1.82) is 0 Å². The normalized spacial score (nSPS) is 32.5. The van der Waals surface area contributed by atoms with E-state index in [2.05, 4.69) is 66.6 Å². The number of rotatable bonds is 2. The molecule has 3 nitrogen and oxygen atoms in total. The fourth-order valence-corrected chi connectivity index (χ4v) is 4.75. The van der Waals surface area contributed by atoms with Crippen LogP contribution in [0.1, 0.15) is 49.4 Å². The SMILES string of the molecule is C[C@H](c1ccccc1)N1O[C@H]2CCC[C@H]3Oc4ccccc4[C@@H]1[C@@H]23. The maximum Gasteiger partial charge on any atom is 0.124 e. The van der Waals surface area contributed by atoms with Gasteiger partial charge >= 0.3 is 0 Å². The Morgan fingerprint density at radius 1 is 0.958 bits per heavy atom. The molecule has 1 aliphatic carbocycles. The Hall–Kier alpha value is -1.84. The lowest BCUT2D eigenvalue weighted by Crippen LogP contribution is -2.43. The predicted molar refractivity (Wildman–Crippen MR) is 92.5 cm³/mol. The van der Waals surface area contributed by atoms with Gasteiger partial charge in [0.2, 0.25) is 0 Å². The summed E-state index contributed by atoms with van der Waals surface area (Å²) in [6, 6.07) is 19.7. The number of para-hydroxylation sites is 1. The second kappa shape index (κ2) is 5.61. The summed E-state index contributed by atoms with van der Waals surface area (Å²) in [5.74, 6) is 1.49. The molecule has 0 amide bonds. The van der Waals surface area contributed by atoms with Crippen LogP contribution in [-0.4, -0.2) is 17.3 Å². The maximum absolute atomic E-state index is 6.51. The van der Waals surface area contributed by atoms with Gasteiger partial charge in [0.1, 0.15) is 11.9 Å². The molecule has 1 saturated heterocycles. The van der Waals surface area contributed by atoms with Crippen molar-refractivity contribution in [1.82, 2.24) is 5.06 Å². The molecule has 0 bridgehead atoms. The average molecular weight is 321 g/mol. The number of nitrogens with zero attached hydrogens (tertiary/aromatic N) is 1. The Balaban J connectivity index is 1.58. The molecule has 3 heteroatoms. The van der Waals surface area contributed by atoms with Crippen LogP contribution in [0.2, 0.25) is 0 Å². The van der Waals surface area contributed by atoms with Gasteiger partial charge in [0.05, 0.1) is 18.2 Å². The molecular formula is C21H23NO2. The van der Waals surface area contributed by atoms with Crippen LogP contribution in [0.15, 0.2) is 54.6 Å². The largest absolute Gasteiger partial charge is 0.490 e. The second-order valence-corrected chi connectivity index (χ2v) is 7.24. The number of hydrogen-bond acceptors (Lipinski definition) is 3. The van der Waals surface area contributed by atoms with Crippen molar-refractivity contribution in [2.45, 2.75) is 50.5 Å². The summed E-state index contributed by atoms with van der Waals surface area (Å²) in [5.41, 5.74) is 2.59. The summed E-state index contributed by atoms with van der Waals surface area (Å²) in [7, 11) is 0. The first kappa shape index (κ1) is 14.5. The van der Waals surface area contributed by atoms with Crippen molar-refractivity contribution in [2.75, 3.05) is 0 Å². The Labute approximate surface area is 143 Å². The van der Waals surface area contributed by atoms with Crippen LogP contribution in [0.5, 0.6) is 5.75 Å². The Bertz CT molecular complexity index is 732. The molecule has 0 unspecified atom stereocenters. The van der Waals surface area contributed by atoms with Gasteiger partial charge in [-0.15, -0.1) is 0 Å². The van der Waals surface area contributed by atoms with Crippen molar-refractivity contribution in [3.63, 3.8) is 0 Å². The Morgan fingerprint density at radius 3 is 2.58 bits per heavy atom. The van der Waals surface area contributed by atoms with Crippen LogP contribution in [0, 0.1) is 5.92 Å². The summed E-state index contributed by atoms with van der Waals surface area (Å²) in [6.45, 7) is 2.25. The van der Waals surface area contributed by atoms with E-state index in [1.807, 2.05) is 0 Å². The monoisotopic (exact) mass is 321 g/mol. The van der Waals surface area contributed by atoms with Gasteiger partial charge in [0, 0.05) is 11.5 Å². The maximum atomic E-state index is 6.51. The molecule has 2 heterocycles. The minimum Gasteiger partial charge on any atom is -0.490 e.